The third-order valence-corrected chi connectivity index (χ3v) is 4.63. The zero-order valence-electron chi connectivity index (χ0n) is 11.5. The smallest absolute Gasteiger partial charge is 0.213 e. The standard InChI is InChI=1S/C16H18N2OS/c1-2-19-16-8-7-13(10-18-16)17-9-12-11-20-15-6-4-3-5-14(12)15/h3-8,10,12,17H,2,9,11H2,1H3. The van der Waals surface area contributed by atoms with Crippen molar-refractivity contribution in [2.24, 2.45) is 0 Å². The molecule has 1 aliphatic rings. The first-order valence-corrected chi connectivity index (χ1v) is 7.90. The second-order valence-electron chi connectivity index (χ2n) is 4.74. The Bertz CT molecular complexity index is 571. The van der Waals surface area contributed by atoms with Gasteiger partial charge in [0.1, 0.15) is 0 Å². The van der Waals surface area contributed by atoms with Gasteiger partial charge in [-0.05, 0) is 24.6 Å². The summed E-state index contributed by atoms with van der Waals surface area (Å²) < 4.78 is 5.34. The Kier molecular flexibility index (Phi) is 4.11. The molecule has 0 fully saturated rings. The fraction of sp³-hybridized carbons (Fsp3) is 0.312. The van der Waals surface area contributed by atoms with Crippen LogP contribution in [0.3, 0.4) is 0 Å². The minimum atomic E-state index is 0.572. The van der Waals surface area contributed by atoms with E-state index in [0.29, 0.717) is 18.4 Å². The fourth-order valence-corrected chi connectivity index (χ4v) is 3.61. The van der Waals surface area contributed by atoms with E-state index in [9.17, 15) is 0 Å². The third kappa shape index (κ3) is 2.90. The molecular weight excluding hydrogens is 268 g/mol. The number of benzene rings is 1. The molecule has 1 aromatic carbocycles. The summed E-state index contributed by atoms with van der Waals surface area (Å²) >= 11 is 1.94. The van der Waals surface area contributed by atoms with Crippen molar-refractivity contribution in [1.29, 1.82) is 0 Å². The summed E-state index contributed by atoms with van der Waals surface area (Å²) in [6, 6.07) is 12.6. The number of thioether (sulfide) groups is 1. The highest BCUT2D eigenvalue weighted by Gasteiger charge is 2.22. The molecule has 3 nitrogen and oxygen atoms in total. The largest absolute Gasteiger partial charge is 0.478 e. The highest BCUT2D eigenvalue weighted by atomic mass is 32.2. The summed E-state index contributed by atoms with van der Waals surface area (Å²) in [6.45, 7) is 3.55. The lowest BCUT2D eigenvalue weighted by molar-refractivity contribution is 0.327. The van der Waals surface area contributed by atoms with Crippen LogP contribution in [-0.4, -0.2) is 23.9 Å². The van der Waals surface area contributed by atoms with Gasteiger partial charge < -0.3 is 10.1 Å². The van der Waals surface area contributed by atoms with Gasteiger partial charge in [-0.3, -0.25) is 0 Å². The van der Waals surface area contributed by atoms with Crippen molar-refractivity contribution in [1.82, 2.24) is 4.98 Å². The van der Waals surface area contributed by atoms with E-state index in [1.807, 2.05) is 37.0 Å². The van der Waals surface area contributed by atoms with E-state index in [1.165, 1.54) is 10.5 Å². The summed E-state index contributed by atoms with van der Waals surface area (Å²) in [5.74, 6) is 2.40. The van der Waals surface area contributed by atoms with E-state index in [-0.39, 0.29) is 0 Å². The molecule has 1 unspecified atom stereocenters. The number of aromatic nitrogens is 1. The van der Waals surface area contributed by atoms with Crippen molar-refractivity contribution in [3.05, 3.63) is 48.2 Å². The fourth-order valence-electron chi connectivity index (χ4n) is 2.36. The van der Waals surface area contributed by atoms with Crippen molar-refractivity contribution in [3.8, 4) is 5.88 Å². The van der Waals surface area contributed by atoms with Gasteiger partial charge in [0.2, 0.25) is 5.88 Å². The summed E-state index contributed by atoms with van der Waals surface area (Å²) in [7, 11) is 0. The average Bonchev–Trinajstić information content (AvgIpc) is 2.90. The van der Waals surface area contributed by atoms with Gasteiger partial charge in [-0.15, -0.1) is 11.8 Å². The van der Waals surface area contributed by atoms with Crippen LogP contribution < -0.4 is 10.1 Å². The molecule has 3 rings (SSSR count). The number of fused-ring (bicyclic) bond motifs is 1. The zero-order valence-corrected chi connectivity index (χ0v) is 12.3. The molecule has 0 amide bonds. The second-order valence-corrected chi connectivity index (χ2v) is 5.81. The van der Waals surface area contributed by atoms with E-state index in [2.05, 4.69) is 34.6 Å². The maximum absolute atomic E-state index is 5.34. The van der Waals surface area contributed by atoms with Crippen LogP contribution in [-0.2, 0) is 0 Å². The summed E-state index contributed by atoms with van der Waals surface area (Å²) in [5.41, 5.74) is 2.51. The van der Waals surface area contributed by atoms with Gasteiger partial charge in [0.05, 0.1) is 18.5 Å². The number of pyridine rings is 1. The van der Waals surface area contributed by atoms with E-state index in [1.54, 1.807) is 0 Å². The zero-order chi connectivity index (χ0) is 13.8. The van der Waals surface area contributed by atoms with Gasteiger partial charge in [0, 0.05) is 29.2 Å². The number of ether oxygens (including phenoxy) is 1. The van der Waals surface area contributed by atoms with Crippen LogP contribution >= 0.6 is 11.8 Å². The number of hydrogen-bond acceptors (Lipinski definition) is 4. The Morgan fingerprint density at radius 3 is 3.00 bits per heavy atom. The molecule has 4 heteroatoms. The van der Waals surface area contributed by atoms with Crippen molar-refractivity contribution < 1.29 is 4.74 Å². The van der Waals surface area contributed by atoms with Crippen LogP contribution in [0.5, 0.6) is 5.88 Å². The Hall–Kier alpha value is -1.68. The lowest BCUT2D eigenvalue weighted by Crippen LogP contribution is -2.12. The van der Waals surface area contributed by atoms with Crippen molar-refractivity contribution >= 4 is 17.4 Å². The monoisotopic (exact) mass is 286 g/mol. The van der Waals surface area contributed by atoms with Crippen molar-refractivity contribution in [2.45, 2.75) is 17.7 Å². The summed E-state index contributed by atoms with van der Waals surface area (Å²) in [5, 5.41) is 3.47. The summed E-state index contributed by atoms with van der Waals surface area (Å²) in [4.78, 5) is 5.69. The number of hydrogen-bond donors (Lipinski definition) is 1. The molecule has 0 saturated heterocycles. The number of anilines is 1. The normalized spacial score (nSPS) is 16.8. The number of rotatable bonds is 5. The molecular formula is C16H18N2OS. The van der Waals surface area contributed by atoms with E-state index in [4.69, 9.17) is 4.74 Å². The van der Waals surface area contributed by atoms with Crippen LogP contribution in [0, 0.1) is 0 Å². The highest BCUT2D eigenvalue weighted by Crippen LogP contribution is 2.39. The molecule has 2 heterocycles. The van der Waals surface area contributed by atoms with Crippen LogP contribution in [0.15, 0.2) is 47.5 Å². The van der Waals surface area contributed by atoms with Crippen LogP contribution in [0.25, 0.3) is 0 Å². The first-order valence-electron chi connectivity index (χ1n) is 6.91. The Labute approximate surface area is 123 Å². The predicted molar refractivity (Wildman–Crippen MR) is 83.8 cm³/mol. The molecule has 0 saturated carbocycles. The third-order valence-electron chi connectivity index (χ3n) is 3.38. The lowest BCUT2D eigenvalue weighted by Gasteiger charge is -2.13. The molecule has 1 aliphatic heterocycles. The Balaban J connectivity index is 1.60. The molecule has 0 bridgehead atoms. The molecule has 0 radical (unpaired) electrons. The van der Waals surface area contributed by atoms with Crippen LogP contribution in [0.4, 0.5) is 5.69 Å². The van der Waals surface area contributed by atoms with Gasteiger partial charge in [0.25, 0.3) is 0 Å². The molecule has 0 spiro atoms. The molecule has 104 valence electrons. The number of nitrogens with zero attached hydrogens (tertiary/aromatic N) is 1. The van der Waals surface area contributed by atoms with Gasteiger partial charge in [0.15, 0.2) is 0 Å². The number of nitrogens with one attached hydrogen (secondary N) is 1. The minimum absolute atomic E-state index is 0.572. The molecule has 2 aromatic rings. The molecule has 1 N–H and O–H groups in total. The average molecular weight is 286 g/mol. The SMILES string of the molecule is CCOc1ccc(NCC2CSc3ccccc32)cn1. The van der Waals surface area contributed by atoms with Gasteiger partial charge >= 0.3 is 0 Å². The lowest BCUT2D eigenvalue weighted by atomic mass is 10.0. The second kappa shape index (κ2) is 6.18. The maximum Gasteiger partial charge on any atom is 0.213 e. The van der Waals surface area contributed by atoms with Gasteiger partial charge in [-0.2, -0.15) is 0 Å². The van der Waals surface area contributed by atoms with E-state index >= 15 is 0 Å². The maximum atomic E-state index is 5.34. The summed E-state index contributed by atoms with van der Waals surface area (Å²) in [6.07, 6.45) is 1.83. The first kappa shape index (κ1) is 13.3. The van der Waals surface area contributed by atoms with E-state index in [0.717, 1.165) is 18.0 Å². The molecule has 20 heavy (non-hydrogen) atoms. The molecule has 1 aromatic heterocycles. The molecule has 1 atom stereocenters. The van der Waals surface area contributed by atoms with Crippen LogP contribution in [0.1, 0.15) is 18.4 Å². The van der Waals surface area contributed by atoms with Gasteiger partial charge in [-0.1, -0.05) is 18.2 Å². The Morgan fingerprint density at radius 1 is 1.30 bits per heavy atom. The Morgan fingerprint density at radius 2 is 2.20 bits per heavy atom. The highest BCUT2D eigenvalue weighted by molar-refractivity contribution is 7.99. The quantitative estimate of drug-likeness (QED) is 0.907. The topological polar surface area (TPSA) is 34.1 Å². The van der Waals surface area contributed by atoms with Crippen molar-refractivity contribution in [2.75, 3.05) is 24.2 Å². The van der Waals surface area contributed by atoms with Crippen molar-refractivity contribution in [3.63, 3.8) is 0 Å². The van der Waals surface area contributed by atoms with E-state index < -0.39 is 0 Å². The predicted octanol–water partition coefficient (Wildman–Crippen LogP) is 3.78. The minimum Gasteiger partial charge on any atom is -0.478 e. The van der Waals surface area contributed by atoms with Crippen LogP contribution in [0.2, 0.25) is 0 Å². The first-order chi connectivity index (χ1) is 9.86. The van der Waals surface area contributed by atoms with Gasteiger partial charge in [-0.25, -0.2) is 4.98 Å². The molecule has 0 aliphatic carbocycles.